The number of hydrogen-bond acceptors (Lipinski definition) is 5. The molecule has 1 fully saturated rings. The predicted molar refractivity (Wildman–Crippen MR) is 107 cm³/mol. The van der Waals surface area contributed by atoms with Crippen LogP contribution in [0.5, 0.6) is 0 Å². The Kier molecular flexibility index (Phi) is 5.44. The van der Waals surface area contributed by atoms with E-state index < -0.39 is 0 Å². The van der Waals surface area contributed by atoms with Gasteiger partial charge in [0.1, 0.15) is 5.82 Å². The average molecular weight is 383 g/mol. The van der Waals surface area contributed by atoms with Crippen molar-refractivity contribution in [2.24, 2.45) is 5.92 Å². The lowest BCUT2D eigenvalue weighted by molar-refractivity contribution is -0.136. The zero-order valence-electron chi connectivity index (χ0n) is 17.1. The van der Waals surface area contributed by atoms with E-state index in [1.54, 1.807) is 0 Å². The van der Waals surface area contributed by atoms with Crippen LogP contribution in [0.4, 0.5) is 0 Å². The maximum absolute atomic E-state index is 12.9. The fourth-order valence-corrected chi connectivity index (χ4v) is 4.33. The lowest BCUT2D eigenvalue weighted by atomic mass is 9.97. The van der Waals surface area contributed by atoms with Crippen LogP contribution in [-0.2, 0) is 24.3 Å². The first-order chi connectivity index (χ1) is 13.5. The maximum Gasteiger partial charge on any atom is 0.227 e. The SMILES string of the molecule is Cc1ccn(C[C@@H](C)C(=O)N2CCc3nc([C@H]4CCCN(C)C4)ncc3C2)n1. The van der Waals surface area contributed by atoms with Crippen molar-refractivity contribution >= 4 is 5.91 Å². The first kappa shape index (κ1) is 19.1. The first-order valence-electron chi connectivity index (χ1n) is 10.3. The zero-order chi connectivity index (χ0) is 19.7. The minimum atomic E-state index is -0.0983. The minimum absolute atomic E-state index is 0.0983. The molecular weight excluding hydrogens is 352 g/mol. The number of hydrogen-bond donors (Lipinski definition) is 0. The summed E-state index contributed by atoms with van der Waals surface area (Å²) in [6.07, 6.45) is 7.07. The second kappa shape index (κ2) is 7.99. The Hall–Kier alpha value is -2.28. The molecule has 150 valence electrons. The molecule has 1 amide bonds. The standard InChI is InChI=1S/C21H30N6O/c1-15(12-27-10-6-16(2)24-27)21(28)26-9-7-19-18(14-26)11-22-20(23-19)17-5-4-8-25(3)13-17/h6,10-11,15,17H,4-5,7-9,12-14H2,1-3H3/t15-,17+/m1/s1. The van der Waals surface area contributed by atoms with Crippen molar-refractivity contribution in [3.05, 3.63) is 41.2 Å². The van der Waals surface area contributed by atoms with Crippen molar-refractivity contribution in [1.29, 1.82) is 0 Å². The smallest absolute Gasteiger partial charge is 0.227 e. The number of amides is 1. The molecule has 2 atom stereocenters. The highest BCUT2D eigenvalue weighted by Crippen LogP contribution is 2.26. The van der Waals surface area contributed by atoms with Crippen molar-refractivity contribution in [3.8, 4) is 0 Å². The van der Waals surface area contributed by atoms with Gasteiger partial charge in [0, 0.05) is 49.9 Å². The first-order valence-corrected chi connectivity index (χ1v) is 10.3. The average Bonchev–Trinajstić information content (AvgIpc) is 3.11. The molecule has 2 aromatic heterocycles. The molecule has 0 radical (unpaired) electrons. The number of carbonyl (C=O) groups excluding carboxylic acids is 1. The van der Waals surface area contributed by atoms with Crippen molar-refractivity contribution in [3.63, 3.8) is 0 Å². The molecular formula is C21H30N6O. The minimum Gasteiger partial charge on any atom is -0.338 e. The van der Waals surface area contributed by atoms with E-state index in [9.17, 15) is 4.79 Å². The van der Waals surface area contributed by atoms with Gasteiger partial charge in [0.15, 0.2) is 0 Å². The van der Waals surface area contributed by atoms with Gasteiger partial charge in [0.05, 0.1) is 23.9 Å². The molecule has 0 bridgehead atoms. The van der Waals surface area contributed by atoms with E-state index in [4.69, 9.17) is 4.98 Å². The highest BCUT2D eigenvalue weighted by atomic mass is 16.2. The fraction of sp³-hybridized carbons (Fsp3) is 0.619. The van der Waals surface area contributed by atoms with Crippen LogP contribution < -0.4 is 0 Å². The van der Waals surface area contributed by atoms with Crippen LogP contribution >= 0.6 is 0 Å². The molecule has 0 saturated carbocycles. The summed E-state index contributed by atoms with van der Waals surface area (Å²) < 4.78 is 1.85. The van der Waals surface area contributed by atoms with E-state index in [0.29, 0.717) is 19.0 Å². The number of rotatable bonds is 4. The van der Waals surface area contributed by atoms with Gasteiger partial charge in [-0.1, -0.05) is 6.92 Å². The molecule has 2 aliphatic heterocycles. The summed E-state index contributed by atoms with van der Waals surface area (Å²) in [5, 5.41) is 4.40. The maximum atomic E-state index is 12.9. The predicted octanol–water partition coefficient (Wildman–Crippen LogP) is 2.01. The van der Waals surface area contributed by atoms with Crippen LogP contribution in [0, 0.1) is 12.8 Å². The Bertz CT molecular complexity index is 847. The molecule has 7 heteroatoms. The number of carbonyl (C=O) groups is 1. The molecule has 0 unspecified atom stereocenters. The largest absolute Gasteiger partial charge is 0.338 e. The van der Waals surface area contributed by atoms with E-state index in [1.807, 2.05) is 41.9 Å². The van der Waals surface area contributed by atoms with Crippen molar-refractivity contribution in [2.75, 3.05) is 26.7 Å². The van der Waals surface area contributed by atoms with Gasteiger partial charge in [-0.3, -0.25) is 9.48 Å². The highest BCUT2D eigenvalue weighted by Gasteiger charge is 2.28. The molecule has 0 spiro atoms. The Labute approximate surface area is 166 Å². The summed E-state index contributed by atoms with van der Waals surface area (Å²) in [4.78, 5) is 26.8. The fourth-order valence-electron chi connectivity index (χ4n) is 4.33. The lowest BCUT2D eigenvalue weighted by Gasteiger charge is -2.32. The molecule has 28 heavy (non-hydrogen) atoms. The summed E-state index contributed by atoms with van der Waals surface area (Å²) in [5.41, 5.74) is 3.19. The van der Waals surface area contributed by atoms with Crippen LogP contribution in [-0.4, -0.2) is 62.1 Å². The van der Waals surface area contributed by atoms with E-state index >= 15 is 0 Å². The Balaban J connectivity index is 1.41. The molecule has 7 nitrogen and oxygen atoms in total. The monoisotopic (exact) mass is 382 g/mol. The molecule has 4 rings (SSSR count). The number of nitrogens with zero attached hydrogens (tertiary/aromatic N) is 6. The number of aromatic nitrogens is 4. The molecule has 2 aliphatic rings. The van der Waals surface area contributed by atoms with Crippen LogP contribution in [0.25, 0.3) is 0 Å². The lowest BCUT2D eigenvalue weighted by Crippen LogP contribution is -2.40. The third-order valence-electron chi connectivity index (χ3n) is 5.91. The van der Waals surface area contributed by atoms with Crippen LogP contribution in [0.1, 0.15) is 48.5 Å². The zero-order valence-corrected chi connectivity index (χ0v) is 17.1. The van der Waals surface area contributed by atoms with E-state index in [0.717, 1.165) is 55.3 Å². The third-order valence-corrected chi connectivity index (χ3v) is 5.91. The van der Waals surface area contributed by atoms with Gasteiger partial charge in [0.2, 0.25) is 5.91 Å². The van der Waals surface area contributed by atoms with Crippen LogP contribution in [0.2, 0.25) is 0 Å². The molecule has 0 N–H and O–H groups in total. The molecule has 4 heterocycles. The van der Waals surface area contributed by atoms with Crippen LogP contribution in [0.15, 0.2) is 18.5 Å². The summed E-state index contributed by atoms with van der Waals surface area (Å²) in [5.74, 6) is 1.49. The number of likely N-dealkylation sites (tertiary alicyclic amines) is 1. The van der Waals surface area contributed by atoms with E-state index in [2.05, 4.69) is 22.0 Å². The summed E-state index contributed by atoms with van der Waals surface area (Å²) in [7, 11) is 2.17. The second-order valence-corrected chi connectivity index (χ2v) is 8.39. The van der Waals surface area contributed by atoms with Crippen molar-refractivity contribution in [2.45, 2.75) is 52.1 Å². The molecule has 0 aliphatic carbocycles. The van der Waals surface area contributed by atoms with Crippen molar-refractivity contribution < 1.29 is 4.79 Å². The Morgan fingerprint density at radius 3 is 2.96 bits per heavy atom. The van der Waals surface area contributed by atoms with Gasteiger partial charge in [-0.25, -0.2) is 9.97 Å². The van der Waals surface area contributed by atoms with E-state index in [-0.39, 0.29) is 11.8 Å². The normalized spacial score (nSPS) is 21.4. The van der Waals surface area contributed by atoms with Gasteiger partial charge >= 0.3 is 0 Å². The Morgan fingerprint density at radius 1 is 1.36 bits per heavy atom. The molecule has 0 aromatic carbocycles. The molecule has 1 saturated heterocycles. The van der Waals surface area contributed by atoms with Gasteiger partial charge in [-0.15, -0.1) is 0 Å². The van der Waals surface area contributed by atoms with E-state index in [1.165, 1.54) is 6.42 Å². The summed E-state index contributed by atoms with van der Waals surface area (Å²) in [6.45, 7) is 8.10. The quantitative estimate of drug-likeness (QED) is 0.809. The topological polar surface area (TPSA) is 67.2 Å². The number of fused-ring (bicyclic) bond motifs is 1. The summed E-state index contributed by atoms with van der Waals surface area (Å²) >= 11 is 0. The van der Waals surface area contributed by atoms with Gasteiger partial charge in [0.25, 0.3) is 0 Å². The summed E-state index contributed by atoms with van der Waals surface area (Å²) in [6, 6.07) is 1.97. The third kappa shape index (κ3) is 4.09. The molecule has 2 aromatic rings. The van der Waals surface area contributed by atoms with Crippen molar-refractivity contribution in [1.82, 2.24) is 29.5 Å². The Morgan fingerprint density at radius 2 is 2.21 bits per heavy atom. The van der Waals surface area contributed by atoms with Gasteiger partial charge < -0.3 is 9.80 Å². The number of piperidine rings is 1. The highest BCUT2D eigenvalue weighted by molar-refractivity contribution is 5.78. The van der Waals surface area contributed by atoms with Gasteiger partial charge in [-0.05, 0) is 39.4 Å². The second-order valence-electron chi connectivity index (χ2n) is 8.39. The van der Waals surface area contributed by atoms with Crippen LogP contribution in [0.3, 0.4) is 0 Å². The van der Waals surface area contributed by atoms with Gasteiger partial charge in [-0.2, -0.15) is 5.10 Å². The number of likely N-dealkylation sites (N-methyl/N-ethyl adjacent to an activating group) is 1. The number of aryl methyl sites for hydroxylation is 1.